The molecule has 5 nitrogen and oxygen atoms in total. The van der Waals surface area contributed by atoms with Gasteiger partial charge in [0.2, 0.25) is 0 Å². The van der Waals surface area contributed by atoms with Gasteiger partial charge >= 0.3 is 0 Å². The summed E-state index contributed by atoms with van der Waals surface area (Å²) in [5.74, 6) is 0.627. The Labute approximate surface area is 163 Å². The number of aromatic nitrogens is 2. The Morgan fingerprint density at radius 3 is 3.04 bits per heavy atom. The molecule has 2 N–H and O–H groups in total. The van der Waals surface area contributed by atoms with Crippen molar-refractivity contribution in [1.82, 2.24) is 20.4 Å². The molecule has 2 aromatic rings. The quantitative estimate of drug-likeness (QED) is 0.768. The van der Waals surface area contributed by atoms with E-state index in [0.717, 1.165) is 35.4 Å². The third-order valence-electron chi connectivity index (χ3n) is 4.54. The van der Waals surface area contributed by atoms with Crippen LogP contribution in [0.1, 0.15) is 35.3 Å². The second-order valence-corrected chi connectivity index (χ2v) is 7.21. The van der Waals surface area contributed by atoms with Gasteiger partial charge in [0.1, 0.15) is 0 Å². The Hall–Kier alpha value is -1.37. The molecule has 1 atom stereocenters. The van der Waals surface area contributed by atoms with Gasteiger partial charge in [0.25, 0.3) is 5.91 Å². The van der Waals surface area contributed by atoms with E-state index in [4.69, 9.17) is 0 Å². The highest BCUT2D eigenvalue weighted by atomic mass is 79.9. The molecule has 1 aliphatic heterocycles. The van der Waals surface area contributed by atoms with Crippen molar-refractivity contribution in [2.24, 2.45) is 5.92 Å². The van der Waals surface area contributed by atoms with Crippen molar-refractivity contribution in [3.8, 4) is 5.69 Å². The summed E-state index contributed by atoms with van der Waals surface area (Å²) < 4.78 is 2.78. The molecule has 1 aromatic carbocycles. The average Bonchev–Trinajstić information content (AvgIpc) is 2.97. The van der Waals surface area contributed by atoms with Crippen LogP contribution in [-0.4, -0.2) is 35.3 Å². The number of rotatable bonds is 5. The van der Waals surface area contributed by atoms with Crippen molar-refractivity contribution in [1.29, 1.82) is 0 Å². The zero-order valence-electron chi connectivity index (χ0n) is 14.3. The fraction of sp³-hybridized carbons (Fsp3) is 0.444. The van der Waals surface area contributed by atoms with Crippen LogP contribution in [0.15, 0.2) is 34.9 Å². The Morgan fingerprint density at radius 2 is 2.32 bits per heavy atom. The van der Waals surface area contributed by atoms with Crippen molar-refractivity contribution >= 4 is 34.2 Å². The fourth-order valence-corrected chi connectivity index (χ4v) is 3.54. The van der Waals surface area contributed by atoms with E-state index in [9.17, 15) is 4.79 Å². The number of piperidine rings is 1. The van der Waals surface area contributed by atoms with Crippen LogP contribution in [0.3, 0.4) is 0 Å². The van der Waals surface area contributed by atoms with Gasteiger partial charge in [0.05, 0.1) is 23.1 Å². The van der Waals surface area contributed by atoms with Crippen molar-refractivity contribution in [2.75, 3.05) is 19.6 Å². The minimum atomic E-state index is -0.0440. The number of amides is 1. The molecule has 0 spiro atoms. The number of benzene rings is 1. The van der Waals surface area contributed by atoms with Gasteiger partial charge < -0.3 is 10.6 Å². The first kappa shape index (κ1) is 19.9. The van der Waals surface area contributed by atoms with Crippen LogP contribution < -0.4 is 10.6 Å². The maximum absolute atomic E-state index is 12.4. The number of carbonyl (C=O) groups is 1. The highest BCUT2D eigenvalue weighted by molar-refractivity contribution is 9.10. The molecule has 0 aliphatic carbocycles. The van der Waals surface area contributed by atoms with E-state index in [-0.39, 0.29) is 18.3 Å². The van der Waals surface area contributed by atoms with Crippen LogP contribution in [0, 0.1) is 12.8 Å². The van der Waals surface area contributed by atoms with Gasteiger partial charge in [0, 0.05) is 11.0 Å². The number of carbonyl (C=O) groups excluding carboxylic acids is 1. The molecule has 1 amide bonds. The lowest BCUT2D eigenvalue weighted by Crippen LogP contribution is -2.33. The van der Waals surface area contributed by atoms with E-state index < -0.39 is 0 Å². The van der Waals surface area contributed by atoms with E-state index in [1.54, 1.807) is 10.9 Å². The van der Waals surface area contributed by atoms with E-state index in [1.165, 1.54) is 12.8 Å². The van der Waals surface area contributed by atoms with Gasteiger partial charge in [-0.1, -0.05) is 22.0 Å². The number of nitrogens with zero attached hydrogens (tertiary/aromatic N) is 2. The maximum atomic E-state index is 12.4. The predicted octanol–water partition coefficient (Wildman–Crippen LogP) is 3.48. The summed E-state index contributed by atoms with van der Waals surface area (Å²) >= 11 is 3.47. The lowest BCUT2D eigenvalue weighted by atomic mass is 9.96. The zero-order valence-corrected chi connectivity index (χ0v) is 16.7. The van der Waals surface area contributed by atoms with E-state index in [0.29, 0.717) is 18.0 Å². The number of halogens is 2. The van der Waals surface area contributed by atoms with Crippen molar-refractivity contribution in [2.45, 2.75) is 26.2 Å². The van der Waals surface area contributed by atoms with Gasteiger partial charge in [-0.2, -0.15) is 5.10 Å². The Bertz CT molecular complexity index is 713. The van der Waals surface area contributed by atoms with E-state index in [1.807, 2.05) is 31.2 Å². The van der Waals surface area contributed by atoms with Crippen LogP contribution >= 0.6 is 28.3 Å². The first-order chi connectivity index (χ1) is 11.6. The molecule has 25 heavy (non-hydrogen) atoms. The fourth-order valence-electron chi connectivity index (χ4n) is 3.16. The van der Waals surface area contributed by atoms with Gasteiger partial charge in [-0.3, -0.25) is 4.79 Å². The standard InChI is InChI=1S/C18H23BrN4O.ClH/c1-13-17(12-22-23(13)16-6-2-5-15(19)10-16)18(24)21-9-7-14-4-3-8-20-11-14;/h2,5-6,10,12,14,20H,3-4,7-9,11H2,1H3,(H,21,24);1H. The van der Waals surface area contributed by atoms with Crippen molar-refractivity contribution in [3.63, 3.8) is 0 Å². The third kappa shape index (κ3) is 5.06. The SMILES string of the molecule is Cc1c(C(=O)NCCC2CCCNC2)cnn1-c1cccc(Br)c1.Cl. The molecule has 0 saturated carbocycles. The Kier molecular flexibility index (Phi) is 7.47. The molecule has 1 aliphatic rings. The molecule has 3 rings (SSSR count). The lowest BCUT2D eigenvalue weighted by Gasteiger charge is -2.22. The summed E-state index contributed by atoms with van der Waals surface area (Å²) in [6.45, 7) is 4.83. The van der Waals surface area contributed by atoms with Crippen LogP contribution in [0.4, 0.5) is 0 Å². The molecule has 1 fully saturated rings. The van der Waals surface area contributed by atoms with Crippen molar-refractivity contribution < 1.29 is 4.79 Å². The molecule has 0 radical (unpaired) electrons. The summed E-state index contributed by atoms with van der Waals surface area (Å²) in [7, 11) is 0. The molecule has 136 valence electrons. The third-order valence-corrected chi connectivity index (χ3v) is 5.04. The molecule has 1 aromatic heterocycles. The molecular weight excluding hydrogens is 404 g/mol. The first-order valence-electron chi connectivity index (χ1n) is 8.44. The minimum Gasteiger partial charge on any atom is -0.352 e. The Balaban J connectivity index is 0.00000225. The van der Waals surface area contributed by atoms with Crippen molar-refractivity contribution in [3.05, 3.63) is 46.2 Å². The molecular formula is C18H24BrClN4O. The number of nitrogens with one attached hydrogen (secondary N) is 2. The highest BCUT2D eigenvalue weighted by Crippen LogP contribution is 2.18. The van der Waals surface area contributed by atoms with Crippen LogP contribution in [0.5, 0.6) is 0 Å². The van der Waals surface area contributed by atoms with Gasteiger partial charge in [-0.05, 0) is 63.4 Å². The topological polar surface area (TPSA) is 59.0 Å². The molecule has 7 heteroatoms. The summed E-state index contributed by atoms with van der Waals surface area (Å²) in [6.07, 6.45) is 5.16. The van der Waals surface area contributed by atoms with Crippen LogP contribution in [-0.2, 0) is 0 Å². The highest BCUT2D eigenvalue weighted by Gasteiger charge is 2.16. The second-order valence-electron chi connectivity index (χ2n) is 6.29. The van der Waals surface area contributed by atoms with Crippen LogP contribution in [0.2, 0.25) is 0 Å². The smallest absolute Gasteiger partial charge is 0.254 e. The summed E-state index contributed by atoms with van der Waals surface area (Å²) in [5.41, 5.74) is 2.43. The monoisotopic (exact) mass is 426 g/mol. The maximum Gasteiger partial charge on any atom is 0.254 e. The summed E-state index contributed by atoms with van der Waals surface area (Å²) in [6, 6.07) is 7.88. The largest absolute Gasteiger partial charge is 0.352 e. The summed E-state index contributed by atoms with van der Waals surface area (Å²) in [4.78, 5) is 12.4. The van der Waals surface area contributed by atoms with Gasteiger partial charge in [0.15, 0.2) is 0 Å². The first-order valence-corrected chi connectivity index (χ1v) is 9.24. The average molecular weight is 428 g/mol. The normalized spacial score (nSPS) is 17.0. The Morgan fingerprint density at radius 1 is 1.48 bits per heavy atom. The summed E-state index contributed by atoms with van der Waals surface area (Å²) in [5, 5.41) is 10.8. The zero-order chi connectivity index (χ0) is 16.9. The molecule has 1 saturated heterocycles. The second kappa shape index (κ2) is 9.36. The predicted molar refractivity (Wildman–Crippen MR) is 106 cm³/mol. The number of hydrogen-bond acceptors (Lipinski definition) is 3. The molecule has 0 bridgehead atoms. The number of hydrogen-bond donors (Lipinski definition) is 2. The molecule has 1 unspecified atom stereocenters. The molecule has 2 heterocycles. The lowest BCUT2D eigenvalue weighted by molar-refractivity contribution is 0.0950. The van der Waals surface area contributed by atoms with Gasteiger partial charge in [-0.25, -0.2) is 4.68 Å². The van der Waals surface area contributed by atoms with Gasteiger partial charge in [-0.15, -0.1) is 12.4 Å². The van der Waals surface area contributed by atoms with E-state index in [2.05, 4.69) is 31.7 Å². The van der Waals surface area contributed by atoms with E-state index >= 15 is 0 Å². The minimum absolute atomic E-state index is 0. The van der Waals surface area contributed by atoms with Crippen LogP contribution in [0.25, 0.3) is 5.69 Å².